The summed E-state index contributed by atoms with van der Waals surface area (Å²) in [7, 11) is 0. The van der Waals surface area contributed by atoms with E-state index in [2.05, 4.69) is 5.32 Å². The average Bonchev–Trinajstić information content (AvgIpc) is 2.44. The molecule has 1 aromatic rings. The normalized spacial score (nSPS) is 13.2. The summed E-state index contributed by atoms with van der Waals surface area (Å²) in [6.07, 6.45) is -0.0161. The van der Waals surface area contributed by atoms with Gasteiger partial charge in [-0.15, -0.1) is 0 Å². The van der Waals surface area contributed by atoms with Crippen LogP contribution in [0, 0.1) is 0 Å². The molecule has 0 aliphatic heterocycles. The maximum absolute atomic E-state index is 11.7. The highest BCUT2D eigenvalue weighted by Crippen LogP contribution is 2.04. The van der Waals surface area contributed by atoms with Crippen LogP contribution >= 0.6 is 0 Å². The zero-order chi connectivity index (χ0) is 15.8. The van der Waals surface area contributed by atoms with Crippen molar-refractivity contribution in [1.82, 2.24) is 5.32 Å². The van der Waals surface area contributed by atoms with Gasteiger partial charge in [-0.1, -0.05) is 30.3 Å². The van der Waals surface area contributed by atoms with Gasteiger partial charge in [0.15, 0.2) is 0 Å². The van der Waals surface area contributed by atoms with Crippen LogP contribution in [0.2, 0.25) is 0 Å². The zero-order valence-electron chi connectivity index (χ0n) is 11.4. The fraction of sp³-hybridized carbons (Fsp3) is 0.357. The lowest BCUT2D eigenvalue weighted by molar-refractivity contribution is -0.142. The molecule has 114 valence electrons. The summed E-state index contributed by atoms with van der Waals surface area (Å²) in [5, 5.41) is 20.1. The molecule has 0 bridgehead atoms. The number of hydrogen-bond acceptors (Lipinski definition) is 4. The van der Waals surface area contributed by atoms with E-state index >= 15 is 0 Å². The van der Waals surface area contributed by atoms with E-state index in [-0.39, 0.29) is 19.3 Å². The minimum absolute atomic E-state index is 0.0428. The van der Waals surface area contributed by atoms with Crippen LogP contribution in [-0.2, 0) is 20.8 Å². The molecule has 0 saturated heterocycles. The van der Waals surface area contributed by atoms with Crippen LogP contribution in [-0.4, -0.2) is 40.1 Å². The molecule has 7 heteroatoms. The van der Waals surface area contributed by atoms with Crippen molar-refractivity contribution in [2.75, 3.05) is 0 Å². The molecule has 0 aliphatic rings. The van der Waals surface area contributed by atoms with Gasteiger partial charge in [-0.3, -0.25) is 9.59 Å². The number of aliphatic carboxylic acids is 2. The minimum Gasteiger partial charge on any atom is -0.480 e. The van der Waals surface area contributed by atoms with Gasteiger partial charge in [0.2, 0.25) is 5.91 Å². The Bertz CT molecular complexity index is 503. The van der Waals surface area contributed by atoms with E-state index in [0.717, 1.165) is 5.56 Å². The minimum atomic E-state index is -1.19. The monoisotopic (exact) mass is 294 g/mol. The van der Waals surface area contributed by atoms with Gasteiger partial charge < -0.3 is 21.3 Å². The van der Waals surface area contributed by atoms with Crippen molar-refractivity contribution in [3.8, 4) is 0 Å². The van der Waals surface area contributed by atoms with Gasteiger partial charge in [0.05, 0.1) is 0 Å². The zero-order valence-corrected chi connectivity index (χ0v) is 11.4. The number of carbonyl (C=O) groups is 3. The van der Waals surface area contributed by atoms with Gasteiger partial charge in [-0.2, -0.15) is 0 Å². The van der Waals surface area contributed by atoms with E-state index in [1.807, 2.05) is 6.07 Å². The number of nitrogens with two attached hydrogens (primary N) is 1. The van der Waals surface area contributed by atoms with E-state index in [1.54, 1.807) is 24.3 Å². The molecule has 7 nitrogen and oxygen atoms in total. The third-order valence-electron chi connectivity index (χ3n) is 2.92. The Morgan fingerprint density at radius 1 is 1.10 bits per heavy atom. The summed E-state index contributed by atoms with van der Waals surface area (Å²) >= 11 is 0. The van der Waals surface area contributed by atoms with Crippen LogP contribution in [0.3, 0.4) is 0 Å². The lowest BCUT2D eigenvalue weighted by Crippen LogP contribution is -2.43. The SMILES string of the molecule is N[C@@H](CCC(=O)N[C@H](Cc1ccccc1)C(=O)O)C(=O)O. The lowest BCUT2D eigenvalue weighted by Gasteiger charge is -2.15. The van der Waals surface area contributed by atoms with Crippen molar-refractivity contribution >= 4 is 17.8 Å². The highest BCUT2D eigenvalue weighted by molar-refractivity contribution is 5.84. The molecule has 5 N–H and O–H groups in total. The fourth-order valence-electron chi connectivity index (χ4n) is 1.73. The van der Waals surface area contributed by atoms with Crippen molar-refractivity contribution in [3.63, 3.8) is 0 Å². The van der Waals surface area contributed by atoms with E-state index in [4.69, 9.17) is 15.9 Å². The quantitative estimate of drug-likeness (QED) is 0.533. The van der Waals surface area contributed by atoms with Gasteiger partial charge in [0, 0.05) is 12.8 Å². The van der Waals surface area contributed by atoms with E-state index in [1.165, 1.54) is 0 Å². The number of carbonyl (C=O) groups excluding carboxylic acids is 1. The summed E-state index contributed by atoms with van der Waals surface area (Å²) in [5.41, 5.74) is 6.07. The van der Waals surface area contributed by atoms with Crippen LogP contribution < -0.4 is 11.1 Å². The molecule has 21 heavy (non-hydrogen) atoms. The van der Waals surface area contributed by atoms with Gasteiger partial charge in [0.25, 0.3) is 0 Å². The first-order valence-corrected chi connectivity index (χ1v) is 6.44. The first kappa shape index (κ1) is 16.6. The van der Waals surface area contributed by atoms with Crippen LogP contribution in [0.15, 0.2) is 30.3 Å². The van der Waals surface area contributed by atoms with Crippen molar-refractivity contribution in [2.24, 2.45) is 5.73 Å². The van der Waals surface area contributed by atoms with Crippen molar-refractivity contribution in [1.29, 1.82) is 0 Å². The smallest absolute Gasteiger partial charge is 0.326 e. The maximum atomic E-state index is 11.7. The third-order valence-corrected chi connectivity index (χ3v) is 2.92. The van der Waals surface area contributed by atoms with Gasteiger partial charge in [0.1, 0.15) is 12.1 Å². The van der Waals surface area contributed by atoms with Gasteiger partial charge in [-0.25, -0.2) is 4.79 Å². The van der Waals surface area contributed by atoms with Crippen molar-refractivity contribution in [2.45, 2.75) is 31.3 Å². The number of carboxylic acids is 2. The Morgan fingerprint density at radius 3 is 2.24 bits per heavy atom. The Balaban J connectivity index is 2.53. The molecule has 0 aromatic heterocycles. The van der Waals surface area contributed by atoms with Gasteiger partial charge >= 0.3 is 11.9 Å². The molecule has 0 spiro atoms. The molecule has 0 unspecified atom stereocenters. The Morgan fingerprint density at radius 2 is 1.71 bits per heavy atom. The van der Waals surface area contributed by atoms with E-state index in [9.17, 15) is 14.4 Å². The number of nitrogens with one attached hydrogen (secondary N) is 1. The van der Waals surface area contributed by atoms with Crippen molar-refractivity contribution < 1.29 is 24.6 Å². The largest absolute Gasteiger partial charge is 0.480 e. The molecular formula is C14H18N2O5. The number of rotatable bonds is 8. The highest BCUT2D eigenvalue weighted by atomic mass is 16.4. The predicted molar refractivity (Wildman–Crippen MR) is 74.6 cm³/mol. The van der Waals surface area contributed by atoms with Gasteiger partial charge in [-0.05, 0) is 12.0 Å². The second-order valence-electron chi connectivity index (χ2n) is 4.63. The first-order chi connectivity index (χ1) is 9.90. The maximum Gasteiger partial charge on any atom is 0.326 e. The van der Waals surface area contributed by atoms with Crippen LogP contribution in [0.1, 0.15) is 18.4 Å². The summed E-state index contributed by atoms with van der Waals surface area (Å²) in [5.74, 6) is -2.87. The molecule has 2 atom stereocenters. The number of amides is 1. The van der Waals surface area contributed by atoms with Crippen LogP contribution in [0.25, 0.3) is 0 Å². The molecule has 0 aliphatic carbocycles. The standard InChI is InChI=1S/C14H18N2O5/c15-10(13(18)19)6-7-12(17)16-11(14(20)21)8-9-4-2-1-3-5-9/h1-5,10-11H,6-8,15H2,(H,16,17)(H,18,19)(H,20,21)/t10-,11+/m0/s1. The number of carboxylic acid groups (broad SMARTS) is 2. The molecule has 0 heterocycles. The first-order valence-electron chi connectivity index (χ1n) is 6.44. The van der Waals surface area contributed by atoms with Crippen LogP contribution in [0.5, 0.6) is 0 Å². The predicted octanol–water partition coefficient (Wildman–Crippen LogP) is -0.00940. The van der Waals surface area contributed by atoms with E-state index in [0.29, 0.717) is 0 Å². The van der Waals surface area contributed by atoms with Crippen molar-refractivity contribution in [3.05, 3.63) is 35.9 Å². The summed E-state index contributed by atoms with van der Waals surface area (Å²) in [6, 6.07) is 6.72. The summed E-state index contributed by atoms with van der Waals surface area (Å²) in [6.45, 7) is 0. The average molecular weight is 294 g/mol. The number of hydrogen-bond donors (Lipinski definition) is 4. The second-order valence-corrected chi connectivity index (χ2v) is 4.63. The third kappa shape index (κ3) is 6.05. The van der Waals surface area contributed by atoms with E-state index < -0.39 is 29.9 Å². The second kappa shape index (κ2) is 8.01. The Labute approximate surface area is 121 Å². The molecule has 1 rings (SSSR count). The summed E-state index contributed by atoms with van der Waals surface area (Å²) < 4.78 is 0. The number of benzene rings is 1. The Hall–Kier alpha value is -2.41. The molecule has 0 radical (unpaired) electrons. The lowest BCUT2D eigenvalue weighted by atomic mass is 10.1. The Kier molecular flexibility index (Phi) is 6.35. The molecule has 1 amide bonds. The molecule has 1 aromatic carbocycles. The molecule has 0 saturated carbocycles. The molecule has 0 fully saturated rings. The molecular weight excluding hydrogens is 276 g/mol. The van der Waals surface area contributed by atoms with Crippen LogP contribution in [0.4, 0.5) is 0 Å². The highest BCUT2D eigenvalue weighted by Gasteiger charge is 2.21. The summed E-state index contributed by atoms with van der Waals surface area (Å²) in [4.78, 5) is 33.3. The fourth-order valence-corrected chi connectivity index (χ4v) is 1.73. The topological polar surface area (TPSA) is 130 Å².